The fourth-order valence-electron chi connectivity index (χ4n) is 2.42. The number of non-ortho nitro benzene ring substituents is 1. The van der Waals surface area contributed by atoms with Gasteiger partial charge in [0, 0.05) is 17.8 Å². The van der Waals surface area contributed by atoms with Crippen LogP contribution in [0.1, 0.15) is 38.3 Å². The van der Waals surface area contributed by atoms with Crippen molar-refractivity contribution in [3.05, 3.63) is 51.2 Å². The van der Waals surface area contributed by atoms with E-state index in [1.165, 1.54) is 18.2 Å². The zero-order chi connectivity index (χ0) is 17.7. The van der Waals surface area contributed by atoms with Crippen molar-refractivity contribution in [3.8, 4) is 0 Å². The van der Waals surface area contributed by atoms with Gasteiger partial charge < -0.3 is 15.4 Å². The summed E-state index contributed by atoms with van der Waals surface area (Å²) in [6.07, 6.45) is 1.62. The van der Waals surface area contributed by atoms with Crippen molar-refractivity contribution in [3.63, 3.8) is 0 Å². The van der Waals surface area contributed by atoms with Gasteiger partial charge in [-0.2, -0.15) is 0 Å². The summed E-state index contributed by atoms with van der Waals surface area (Å²) in [4.78, 5) is 34.6. The lowest BCUT2D eigenvalue weighted by Crippen LogP contribution is -2.45. The van der Waals surface area contributed by atoms with Crippen molar-refractivity contribution in [2.45, 2.75) is 32.7 Å². The van der Waals surface area contributed by atoms with Crippen LogP contribution in [0.2, 0.25) is 0 Å². The molecule has 8 nitrogen and oxygen atoms in total. The van der Waals surface area contributed by atoms with Crippen LogP contribution in [0.15, 0.2) is 35.5 Å². The molecule has 0 unspecified atom stereocenters. The van der Waals surface area contributed by atoms with Crippen molar-refractivity contribution in [1.29, 1.82) is 0 Å². The molecule has 24 heavy (non-hydrogen) atoms. The van der Waals surface area contributed by atoms with Crippen LogP contribution in [-0.2, 0) is 9.53 Å². The van der Waals surface area contributed by atoms with E-state index in [2.05, 4.69) is 10.6 Å². The summed E-state index contributed by atoms with van der Waals surface area (Å²) >= 11 is 0. The van der Waals surface area contributed by atoms with E-state index in [-0.39, 0.29) is 17.9 Å². The fourth-order valence-corrected chi connectivity index (χ4v) is 2.42. The highest BCUT2D eigenvalue weighted by Crippen LogP contribution is 2.29. The predicted octanol–water partition coefficient (Wildman–Crippen LogP) is 2.57. The maximum Gasteiger partial charge on any atom is 0.338 e. The van der Waals surface area contributed by atoms with Gasteiger partial charge in [-0.05, 0) is 18.9 Å². The first-order chi connectivity index (χ1) is 11.4. The summed E-state index contributed by atoms with van der Waals surface area (Å²) in [6.45, 7) is 3.86. The molecule has 2 N–H and O–H groups in total. The number of carbonyl (C=O) groups excluding carboxylic acids is 2. The second-order valence-corrected chi connectivity index (χ2v) is 5.41. The number of rotatable bonds is 6. The van der Waals surface area contributed by atoms with Gasteiger partial charge in [0.1, 0.15) is 0 Å². The Morgan fingerprint density at radius 3 is 2.83 bits per heavy atom. The van der Waals surface area contributed by atoms with E-state index in [1.54, 1.807) is 13.0 Å². The fraction of sp³-hybridized carbons (Fsp3) is 0.375. The van der Waals surface area contributed by atoms with Gasteiger partial charge in [0.05, 0.1) is 23.1 Å². The minimum absolute atomic E-state index is 0.114. The third-order valence-electron chi connectivity index (χ3n) is 3.63. The van der Waals surface area contributed by atoms with E-state index >= 15 is 0 Å². The molecule has 0 bridgehead atoms. The number of esters is 1. The molecule has 1 aliphatic rings. The van der Waals surface area contributed by atoms with Gasteiger partial charge >= 0.3 is 12.0 Å². The number of nitro benzene ring substituents is 1. The molecule has 8 heteroatoms. The van der Waals surface area contributed by atoms with Crippen LogP contribution in [-0.4, -0.2) is 23.5 Å². The highest BCUT2D eigenvalue weighted by Gasteiger charge is 2.32. The number of carbonyl (C=O) groups is 2. The second-order valence-electron chi connectivity index (χ2n) is 5.41. The van der Waals surface area contributed by atoms with Crippen molar-refractivity contribution in [2.24, 2.45) is 0 Å². The average Bonchev–Trinajstić information content (AvgIpc) is 2.54. The van der Waals surface area contributed by atoms with Crippen LogP contribution in [0.3, 0.4) is 0 Å². The Morgan fingerprint density at radius 2 is 2.17 bits per heavy atom. The summed E-state index contributed by atoms with van der Waals surface area (Å²) in [6, 6.07) is 4.54. The van der Waals surface area contributed by atoms with Crippen molar-refractivity contribution < 1.29 is 19.2 Å². The van der Waals surface area contributed by atoms with Crippen LogP contribution >= 0.6 is 0 Å². The molecule has 0 radical (unpaired) electrons. The largest absolute Gasteiger partial charge is 0.462 e. The van der Waals surface area contributed by atoms with E-state index in [0.717, 1.165) is 12.8 Å². The number of allylic oxidation sites excluding steroid dienone is 1. The summed E-state index contributed by atoms with van der Waals surface area (Å²) < 4.78 is 5.24. The van der Waals surface area contributed by atoms with E-state index in [4.69, 9.17) is 4.74 Å². The minimum Gasteiger partial charge on any atom is -0.462 e. The molecule has 1 aromatic rings. The van der Waals surface area contributed by atoms with Crippen molar-refractivity contribution in [2.75, 3.05) is 6.61 Å². The third-order valence-corrected chi connectivity index (χ3v) is 3.63. The molecule has 1 heterocycles. The number of nitrogens with one attached hydrogen (secondary N) is 2. The van der Waals surface area contributed by atoms with E-state index in [0.29, 0.717) is 11.3 Å². The Morgan fingerprint density at radius 1 is 1.42 bits per heavy atom. The van der Waals surface area contributed by atoms with Gasteiger partial charge in [0.15, 0.2) is 0 Å². The number of unbranched alkanes of at least 4 members (excludes halogenated alkanes) is 1. The molecule has 0 fully saturated rings. The first-order valence-electron chi connectivity index (χ1n) is 7.63. The highest BCUT2D eigenvalue weighted by atomic mass is 16.6. The number of hydrogen-bond acceptors (Lipinski definition) is 5. The van der Waals surface area contributed by atoms with E-state index in [9.17, 15) is 19.7 Å². The smallest absolute Gasteiger partial charge is 0.338 e. The van der Waals surface area contributed by atoms with E-state index in [1.807, 2.05) is 6.92 Å². The summed E-state index contributed by atoms with van der Waals surface area (Å²) in [7, 11) is 0. The molecular weight excluding hydrogens is 314 g/mol. The van der Waals surface area contributed by atoms with Gasteiger partial charge in [-0.3, -0.25) is 10.1 Å². The molecule has 0 spiro atoms. The first-order valence-corrected chi connectivity index (χ1v) is 7.63. The number of amides is 2. The van der Waals surface area contributed by atoms with Crippen LogP contribution in [0.25, 0.3) is 0 Å². The van der Waals surface area contributed by atoms with Crippen molar-refractivity contribution in [1.82, 2.24) is 10.6 Å². The second kappa shape index (κ2) is 7.58. The number of benzene rings is 1. The Hall–Kier alpha value is -2.90. The van der Waals surface area contributed by atoms with Crippen LogP contribution < -0.4 is 10.6 Å². The topological polar surface area (TPSA) is 111 Å². The van der Waals surface area contributed by atoms with E-state index < -0.39 is 23.0 Å². The predicted molar refractivity (Wildman–Crippen MR) is 86.1 cm³/mol. The first kappa shape index (κ1) is 17.5. The summed E-state index contributed by atoms with van der Waals surface area (Å²) in [5.74, 6) is -0.551. The SMILES string of the molecule is CCCCOC(=O)C1=C(C)NC(=O)N[C@H]1c1cccc([N+](=O)[O-])c1. The number of ether oxygens (including phenoxy) is 1. The van der Waals surface area contributed by atoms with Gasteiger partial charge in [0.2, 0.25) is 0 Å². The van der Waals surface area contributed by atoms with Gasteiger partial charge in [0.25, 0.3) is 5.69 Å². The van der Waals surface area contributed by atoms with Crippen LogP contribution in [0.5, 0.6) is 0 Å². The Labute approximate surface area is 139 Å². The number of nitrogens with zero attached hydrogens (tertiary/aromatic N) is 1. The van der Waals surface area contributed by atoms with Gasteiger partial charge in [-0.25, -0.2) is 9.59 Å². The van der Waals surface area contributed by atoms with Gasteiger partial charge in [-0.1, -0.05) is 25.5 Å². The standard InChI is InChI=1S/C16H19N3O5/c1-3-4-8-24-15(20)13-10(2)17-16(21)18-14(13)11-6-5-7-12(9-11)19(22)23/h5-7,9,14H,3-4,8H2,1-2H3,(H2,17,18,21)/t14-/m0/s1. The number of hydrogen-bond donors (Lipinski definition) is 2. The number of urea groups is 1. The molecule has 0 aromatic heterocycles. The zero-order valence-electron chi connectivity index (χ0n) is 13.5. The normalized spacial score (nSPS) is 17.1. The van der Waals surface area contributed by atoms with Crippen molar-refractivity contribution >= 4 is 17.7 Å². The monoisotopic (exact) mass is 333 g/mol. The Kier molecular flexibility index (Phi) is 5.51. The maximum atomic E-state index is 12.4. The maximum absolute atomic E-state index is 12.4. The lowest BCUT2D eigenvalue weighted by atomic mass is 9.95. The zero-order valence-corrected chi connectivity index (χ0v) is 13.5. The summed E-state index contributed by atoms with van der Waals surface area (Å²) in [5.41, 5.74) is 0.945. The lowest BCUT2D eigenvalue weighted by Gasteiger charge is -2.28. The molecule has 1 aromatic carbocycles. The lowest BCUT2D eigenvalue weighted by molar-refractivity contribution is -0.384. The van der Waals surface area contributed by atoms with Gasteiger partial charge in [-0.15, -0.1) is 0 Å². The minimum atomic E-state index is -0.798. The molecular formula is C16H19N3O5. The highest BCUT2D eigenvalue weighted by molar-refractivity contribution is 5.95. The molecule has 1 atom stereocenters. The molecule has 1 aliphatic heterocycles. The molecule has 2 rings (SSSR count). The van der Waals surface area contributed by atoms with Crippen LogP contribution in [0, 0.1) is 10.1 Å². The molecule has 2 amide bonds. The molecule has 0 saturated carbocycles. The average molecular weight is 333 g/mol. The quantitative estimate of drug-likeness (QED) is 0.360. The Bertz CT molecular complexity index is 699. The number of nitro groups is 1. The van der Waals surface area contributed by atoms with Crippen LogP contribution in [0.4, 0.5) is 10.5 Å². The third kappa shape index (κ3) is 3.89. The molecule has 128 valence electrons. The summed E-state index contributed by atoms with van der Waals surface area (Å²) in [5, 5.41) is 16.1. The Balaban J connectivity index is 2.36. The molecule has 0 aliphatic carbocycles. The molecule has 0 saturated heterocycles.